The van der Waals surface area contributed by atoms with Gasteiger partial charge in [-0.25, -0.2) is 9.97 Å². The van der Waals surface area contributed by atoms with Crippen molar-refractivity contribution in [3.63, 3.8) is 0 Å². The van der Waals surface area contributed by atoms with E-state index in [1.807, 2.05) is 13.8 Å². The molecule has 0 aliphatic heterocycles. The molecule has 1 heterocycles. The highest BCUT2D eigenvalue weighted by Crippen LogP contribution is 2.09. The molecule has 0 saturated carbocycles. The van der Waals surface area contributed by atoms with Gasteiger partial charge in [0.2, 0.25) is 5.91 Å². The molecule has 0 aromatic carbocycles. The van der Waals surface area contributed by atoms with Crippen LogP contribution in [0.1, 0.15) is 19.5 Å². The second kappa shape index (κ2) is 6.17. The fourth-order valence-electron chi connectivity index (χ4n) is 1.41. The molecule has 0 spiro atoms. The number of rotatable bonds is 5. The molecule has 5 heteroatoms. The zero-order chi connectivity index (χ0) is 12.0. The quantitative estimate of drug-likeness (QED) is 0.752. The number of nitrogens with zero attached hydrogens (tertiary/aromatic N) is 2. The average molecular weight is 222 g/mol. The summed E-state index contributed by atoms with van der Waals surface area (Å²) in [6.45, 7) is 4.77. The molecule has 1 rings (SSSR count). The van der Waals surface area contributed by atoms with E-state index in [1.54, 1.807) is 12.3 Å². The van der Waals surface area contributed by atoms with E-state index in [4.69, 9.17) is 5.73 Å². The largest absolute Gasteiger partial charge is 0.350 e. The van der Waals surface area contributed by atoms with Crippen molar-refractivity contribution in [3.05, 3.63) is 24.3 Å². The fraction of sp³-hybridized carbons (Fsp3) is 0.545. The Hall–Kier alpha value is -1.49. The van der Waals surface area contributed by atoms with Crippen molar-refractivity contribution >= 4 is 5.91 Å². The van der Waals surface area contributed by atoms with Crippen molar-refractivity contribution in [2.75, 3.05) is 6.54 Å². The highest BCUT2D eigenvalue weighted by atomic mass is 16.1. The van der Waals surface area contributed by atoms with Crippen LogP contribution in [0.2, 0.25) is 0 Å². The molecule has 0 aliphatic carbocycles. The van der Waals surface area contributed by atoms with E-state index in [0.717, 1.165) is 5.69 Å². The lowest BCUT2D eigenvalue weighted by molar-refractivity contribution is -0.126. The van der Waals surface area contributed by atoms with Gasteiger partial charge in [-0.2, -0.15) is 0 Å². The number of nitrogens with two attached hydrogens (primary N) is 1. The predicted octanol–water partition coefficient (Wildman–Crippen LogP) is 0.324. The topological polar surface area (TPSA) is 80.9 Å². The van der Waals surface area contributed by atoms with Gasteiger partial charge in [-0.15, -0.1) is 0 Å². The first-order chi connectivity index (χ1) is 7.65. The second-order valence-corrected chi connectivity index (χ2v) is 4.00. The third-order valence-corrected chi connectivity index (χ3v) is 2.48. The van der Waals surface area contributed by atoms with Gasteiger partial charge in [0.05, 0.1) is 18.2 Å². The maximum absolute atomic E-state index is 11.8. The number of amides is 1. The van der Waals surface area contributed by atoms with Crippen LogP contribution in [-0.4, -0.2) is 22.4 Å². The van der Waals surface area contributed by atoms with Crippen molar-refractivity contribution < 1.29 is 4.79 Å². The summed E-state index contributed by atoms with van der Waals surface area (Å²) in [6.07, 6.45) is 3.11. The van der Waals surface area contributed by atoms with Crippen LogP contribution in [0.3, 0.4) is 0 Å². The Balaban J connectivity index is 2.46. The van der Waals surface area contributed by atoms with Crippen molar-refractivity contribution in [2.24, 2.45) is 17.6 Å². The molecular formula is C11H18N4O. The standard InChI is InChI=1S/C11H18N4O/c1-8(2)10(5-12)11(16)14-6-9-3-4-13-7-15-9/h3-4,7-8,10H,5-6,12H2,1-2H3,(H,14,16). The SMILES string of the molecule is CC(C)C(CN)C(=O)NCc1ccncn1. The van der Waals surface area contributed by atoms with Crippen LogP contribution in [0.15, 0.2) is 18.6 Å². The summed E-state index contributed by atoms with van der Waals surface area (Å²) in [4.78, 5) is 19.6. The second-order valence-electron chi connectivity index (χ2n) is 4.00. The minimum atomic E-state index is -0.137. The molecule has 1 amide bonds. The van der Waals surface area contributed by atoms with Crippen LogP contribution in [0, 0.1) is 11.8 Å². The Morgan fingerprint density at radius 1 is 1.56 bits per heavy atom. The van der Waals surface area contributed by atoms with Gasteiger partial charge in [0.25, 0.3) is 0 Å². The molecule has 0 saturated heterocycles. The van der Waals surface area contributed by atoms with Crippen molar-refractivity contribution in [2.45, 2.75) is 20.4 Å². The number of hydrogen-bond acceptors (Lipinski definition) is 4. The summed E-state index contributed by atoms with van der Waals surface area (Å²) in [5, 5.41) is 2.82. The summed E-state index contributed by atoms with van der Waals surface area (Å²) >= 11 is 0. The molecule has 5 nitrogen and oxygen atoms in total. The number of carbonyl (C=O) groups excluding carboxylic acids is 1. The van der Waals surface area contributed by atoms with Crippen LogP contribution in [0.4, 0.5) is 0 Å². The zero-order valence-electron chi connectivity index (χ0n) is 9.68. The van der Waals surface area contributed by atoms with E-state index in [1.165, 1.54) is 6.33 Å². The number of hydrogen-bond donors (Lipinski definition) is 2. The first-order valence-electron chi connectivity index (χ1n) is 5.37. The highest BCUT2D eigenvalue weighted by Gasteiger charge is 2.19. The molecule has 1 atom stereocenters. The lowest BCUT2D eigenvalue weighted by Crippen LogP contribution is -2.37. The minimum Gasteiger partial charge on any atom is -0.350 e. The number of nitrogens with one attached hydrogen (secondary N) is 1. The summed E-state index contributed by atoms with van der Waals surface area (Å²) in [6, 6.07) is 1.77. The Kier molecular flexibility index (Phi) is 4.85. The molecule has 1 aromatic rings. The third-order valence-electron chi connectivity index (χ3n) is 2.48. The van der Waals surface area contributed by atoms with Crippen LogP contribution >= 0.6 is 0 Å². The van der Waals surface area contributed by atoms with Gasteiger partial charge in [0.1, 0.15) is 6.33 Å². The van der Waals surface area contributed by atoms with Gasteiger partial charge in [-0.05, 0) is 12.0 Å². The van der Waals surface area contributed by atoms with Crippen LogP contribution in [0.5, 0.6) is 0 Å². The number of carbonyl (C=O) groups is 1. The van der Waals surface area contributed by atoms with Crippen molar-refractivity contribution in [1.29, 1.82) is 0 Å². The molecule has 3 N–H and O–H groups in total. The van der Waals surface area contributed by atoms with Crippen LogP contribution < -0.4 is 11.1 Å². The first-order valence-corrected chi connectivity index (χ1v) is 5.37. The van der Waals surface area contributed by atoms with Gasteiger partial charge >= 0.3 is 0 Å². The van der Waals surface area contributed by atoms with E-state index in [0.29, 0.717) is 13.1 Å². The summed E-state index contributed by atoms with van der Waals surface area (Å²) in [5.41, 5.74) is 6.35. The summed E-state index contributed by atoms with van der Waals surface area (Å²) < 4.78 is 0. The van der Waals surface area contributed by atoms with Gasteiger partial charge in [0.15, 0.2) is 0 Å². The molecule has 0 aliphatic rings. The minimum absolute atomic E-state index is 0.0175. The van der Waals surface area contributed by atoms with Gasteiger partial charge in [-0.3, -0.25) is 4.79 Å². The molecule has 88 valence electrons. The molecule has 0 radical (unpaired) electrons. The molecular weight excluding hydrogens is 204 g/mol. The Labute approximate surface area is 95.5 Å². The van der Waals surface area contributed by atoms with Crippen LogP contribution in [0.25, 0.3) is 0 Å². The van der Waals surface area contributed by atoms with E-state index in [-0.39, 0.29) is 17.7 Å². The average Bonchev–Trinajstić information content (AvgIpc) is 2.28. The smallest absolute Gasteiger partial charge is 0.224 e. The fourth-order valence-corrected chi connectivity index (χ4v) is 1.41. The third kappa shape index (κ3) is 3.58. The van der Waals surface area contributed by atoms with E-state index >= 15 is 0 Å². The van der Waals surface area contributed by atoms with E-state index in [2.05, 4.69) is 15.3 Å². The Bertz CT molecular complexity index is 326. The normalized spacial score (nSPS) is 12.5. The molecule has 16 heavy (non-hydrogen) atoms. The van der Waals surface area contributed by atoms with Gasteiger partial charge in [-0.1, -0.05) is 13.8 Å². The van der Waals surface area contributed by atoms with Gasteiger partial charge in [0, 0.05) is 12.7 Å². The zero-order valence-corrected chi connectivity index (χ0v) is 9.68. The van der Waals surface area contributed by atoms with Crippen molar-refractivity contribution in [1.82, 2.24) is 15.3 Å². The lowest BCUT2D eigenvalue weighted by Gasteiger charge is -2.17. The van der Waals surface area contributed by atoms with Crippen LogP contribution in [-0.2, 0) is 11.3 Å². The van der Waals surface area contributed by atoms with Crippen molar-refractivity contribution in [3.8, 4) is 0 Å². The molecule has 1 aromatic heterocycles. The van der Waals surface area contributed by atoms with E-state index < -0.39 is 0 Å². The Morgan fingerprint density at radius 3 is 2.81 bits per heavy atom. The Morgan fingerprint density at radius 2 is 2.31 bits per heavy atom. The highest BCUT2D eigenvalue weighted by molar-refractivity contribution is 5.79. The van der Waals surface area contributed by atoms with E-state index in [9.17, 15) is 4.79 Å². The monoisotopic (exact) mass is 222 g/mol. The van der Waals surface area contributed by atoms with Gasteiger partial charge < -0.3 is 11.1 Å². The summed E-state index contributed by atoms with van der Waals surface area (Å²) in [5.74, 6) is 0.0911. The number of aromatic nitrogens is 2. The predicted molar refractivity (Wildman–Crippen MR) is 61.3 cm³/mol. The maximum atomic E-state index is 11.8. The molecule has 1 unspecified atom stereocenters. The first kappa shape index (κ1) is 12.6. The lowest BCUT2D eigenvalue weighted by atomic mass is 9.95. The molecule has 0 bridgehead atoms. The summed E-state index contributed by atoms with van der Waals surface area (Å²) in [7, 11) is 0. The maximum Gasteiger partial charge on any atom is 0.224 e. The molecule has 0 fully saturated rings.